The summed E-state index contributed by atoms with van der Waals surface area (Å²) in [6.45, 7) is 2.63. The molecule has 3 aromatic rings. The summed E-state index contributed by atoms with van der Waals surface area (Å²) < 4.78 is 8.19. The molecule has 2 saturated heterocycles. The molecule has 10 heteroatoms. The van der Waals surface area contributed by atoms with E-state index in [-0.39, 0.29) is 12.2 Å². The van der Waals surface area contributed by atoms with E-state index in [0.717, 1.165) is 33.8 Å². The summed E-state index contributed by atoms with van der Waals surface area (Å²) in [4.78, 5) is 41.1. The summed E-state index contributed by atoms with van der Waals surface area (Å²) in [5.41, 5.74) is 3.36. The second-order valence-electron chi connectivity index (χ2n) is 8.36. The molecule has 2 fully saturated rings. The fraction of sp³-hybridized carbons (Fsp3) is 0.192. The molecule has 9 nitrogen and oxygen atoms in total. The number of imide groups is 1. The van der Waals surface area contributed by atoms with Crippen molar-refractivity contribution in [2.24, 2.45) is 0 Å². The van der Waals surface area contributed by atoms with Crippen molar-refractivity contribution in [1.29, 1.82) is 0 Å². The molecule has 36 heavy (non-hydrogen) atoms. The number of rotatable bonds is 6. The molecule has 0 saturated carbocycles. The quantitative estimate of drug-likeness (QED) is 0.361. The van der Waals surface area contributed by atoms with E-state index in [2.05, 4.69) is 31.5 Å². The van der Waals surface area contributed by atoms with Gasteiger partial charge < -0.3 is 24.8 Å². The minimum absolute atomic E-state index is 0.109. The lowest BCUT2D eigenvalue weighted by atomic mass is 10.2. The third-order valence-electron chi connectivity index (χ3n) is 5.95. The summed E-state index contributed by atoms with van der Waals surface area (Å²) in [7, 11) is 0. The van der Waals surface area contributed by atoms with Crippen LogP contribution in [0.5, 0.6) is 0 Å². The smallest absolute Gasteiger partial charge is 0.329 e. The van der Waals surface area contributed by atoms with Crippen molar-refractivity contribution in [1.82, 2.24) is 14.8 Å². The van der Waals surface area contributed by atoms with E-state index < -0.39 is 17.8 Å². The van der Waals surface area contributed by atoms with Gasteiger partial charge in [0.15, 0.2) is 0 Å². The van der Waals surface area contributed by atoms with Gasteiger partial charge in [0.2, 0.25) is 5.91 Å². The first kappa shape index (κ1) is 23.8. The van der Waals surface area contributed by atoms with Gasteiger partial charge in [0.1, 0.15) is 12.2 Å². The molecule has 0 spiro atoms. The third-order valence-corrected chi connectivity index (χ3v) is 6.44. The molecule has 0 radical (unpaired) electrons. The highest BCUT2D eigenvalue weighted by Gasteiger charge is 2.35. The fourth-order valence-corrected chi connectivity index (χ4v) is 4.54. The van der Waals surface area contributed by atoms with Gasteiger partial charge in [-0.05, 0) is 60.7 Å². The summed E-state index contributed by atoms with van der Waals surface area (Å²) >= 11 is 3.46. The van der Waals surface area contributed by atoms with Crippen LogP contribution in [-0.4, -0.2) is 60.2 Å². The van der Waals surface area contributed by atoms with Crippen molar-refractivity contribution in [2.45, 2.75) is 0 Å². The molecule has 2 aromatic carbocycles. The van der Waals surface area contributed by atoms with E-state index in [9.17, 15) is 14.4 Å². The number of nitrogens with one attached hydrogen (secondary N) is 2. The maximum Gasteiger partial charge on any atom is 0.329 e. The Morgan fingerprint density at radius 2 is 1.81 bits per heavy atom. The van der Waals surface area contributed by atoms with E-state index in [1.54, 1.807) is 18.2 Å². The van der Waals surface area contributed by atoms with Crippen molar-refractivity contribution in [3.05, 3.63) is 82.7 Å². The Hall–Kier alpha value is -3.89. The standard InChI is InChI=1S/C26H24BrN5O4/c27-18-3-1-4-21(15-18)31-10-2-5-22(31)16-23-25(34)32(26(35)29-23)17-24(33)28-19-6-8-20(9-7-19)30-11-13-36-14-12-30/h1-10,15-16H,11-14,17H2,(H,28,33)(H,29,35)/b23-16-. The van der Waals surface area contributed by atoms with Crippen LogP contribution < -0.4 is 15.5 Å². The number of anilines is 2. The maximum atomic E-state index is 12.9. The number of urea groups is 1. The molecule has 0 unspecified atom stereocenters. The molecule has 5 rings (SSSR count). The Morgan fingerprint density at radius 1 is 1.03 bits per heavy atom. The van der Waals surface area contributed by atoms with Crippen LogP contribution in [0.15, 0.2) is 77.0 Å². The number of hydrogen-bond acceptors (Lipinski definition) is 5. The van der Waals surface area contributed by atoms with E-state index >= 15 is 0 Å². The number of ether oxygens (including phenoxy) is 1. The monoisotopic (exact) mass is 549 g/mol. The summed E-state index contributed by atoms with van der Waals surface area (Å²) in [5, 5.41) is 5.33. The van der Waals surface area contributed by atoms with Crippen LogP contribution in [0.1, 0.15) is 5.69 Å². The number of carbonyl (C=O) groups is 3. The zero-order valence-corrected chi connectivity index (χ0v) is 20.9. The van der Waals surface area contributed by atoms with Crippen LogP contribution in [0.4, 0.5) is 16.2 Å². The summed E-state index contributed by atoms with van der Waals surface area (Å²) in [6.07, 6.45) is 3.47. The zero-order valence-electron chi connectivity index (χ0n) is 19.3. The Morgan fingerprint density at radius 3 is 2.56 bits per heavy atom. The molecule has 0 atom stereocenters. The Kier molecular flexibility index (Phi) is 6.88. The highest BCUT2D eigenvalue weighted by Crippen LogP contribution is 2.22. The number of nitrogens with zero attached hydrogens (tertiary/aromatic N) is 3. The van der Waals surface area contributed by atoms with Crippen molar-refractivity contribution >= 4 is 51.2 Å². The zero-order chi connectivity index (χ0) is 25.1. The van der Waals surface area contributed by atoms with Crippen LogP contribution >= 0.6 is 15.9 Å². The van der Waals surface area contributed by atoms with Gasteiger partial charge in [-0.3, -0.25) is 9.59 Å². The minimum Gasteiger partial charge on any atom is -0.378 e. The maximum absolute atomic E-state index is 12.9. The van der Waals surface area contributed by atoms with Crippen LogP contribution in [0, 0.1) is 0 Å². The van der Waals surface area contributed by atoms with Crippen molar-refractivity contribution < 1.29 is 19.1 Å². The molecule has 0 bridgehead atoms. The number of hydrogen-bond donors (Lipinski definition) is 2. The highest BCUT2D eigenvalue weighted by molar-refractivity contribution is 9.10. The Labute approximate surface area is 216 Å². The average molecular weight is 550 g/mol. The molecule has 0 aliphatic carbocycles. The van der Waals surface area contributed by atoms with E-state index in [1.807, 2.05) is 59.3 Å². The normalized spacial score (nSPS) is 17.0. The van der Waals surface area contributed by atoms with Gasteiger partial charge >= 0.3 is 6.03 Å². The molecule has 2 aliphatic rings. The van der Waals surface area contributed by atoms with Crippen LogP contribution in [0.3, 0.4) is 0 Å². The van der Waals surface area contributed by atoms with Crippen molar-refractivity contribution in [3.63, 3.8) is 0 Å². The SMILES string of the molecule is O=C(CN1C(=O)N/C(=C\c2cccn2-c2cccc(Br)c2)C1=O)Nc1ccc(N2CCOCC2)cc1. The number of carbonyl (C=O) groups excluding carboxylic acids is 3. The predicted molar refractivity (Wildman–Crippen MR) is 140 cm³/mol. The lowest BCUT2D eigenvalue weighted by molar-refractivity contribution is -0.127. The first-order chi connectivity index (χ1) is 17.5. The number of morpholine rings is 1. The topological polar surface area (TPSA) is 95.9 Å². The first-order valence-corrected chi connectivity index (χ1v) is 12.3. The van der Waals surface area contributed by atoms with Gasteiger partial charge in [-0.25, -0.2) is 9.69 Å². The summed E-state index contributed by atoms with van der Waals surface area (Å²) in [6, 6.07) is 18.2. The summed E-state index contributed by atoms with van der Waals surface area (Å²) in [5.74, 6) is -1.02. The van der Waals surface area contributed by atoms with Crippen molar-refractivity contribution in [3.8, 4) is 5.69 Å². The second kappa shape index (κ2) is 10.4. The Balaban J connectivity index is 1.24. The van der Waals surface area contributed by atoms with Crippen LogP contribution in [0.2, 0.25) is 0 Å². The molecule has 4 amide bonds. The lowest BCUT2D eigenvalue weighted by Crippen LogP contribution is -2.38. The number of halogens is 1. The van der Waals surface area contributed by atoms with Crippen LogP contribution in [-0.2, 0) is 14.3 Å². The lowest BCUT2D eigenvalue weighted by Gasteiger charge is -2.28. The molecular weight excluding hydrogens is 526 g/mol. The largest absolute Gasteiger partial charge is 0.378 e. The molecule has 1 aromatic heterocycles. The van der Waals surface area contributed by atoms with Gasteiger partial charge in [-0.15, -0.1) is 0 Å². The van der Waals surface area contributed by atoms with E-state index in [1.165, 1.54) is 0 Å². The molecule has 2 aliphatic heterocycles. The van der Waals surface area contributed by atoms with Crippen LogP contribution in [0.25, 0.3) is 11.8 Å². The Bertz CT molecular complexity index is 1330. The van der Waals surface area contributed by atoms with E-state index in [4.69, 9.17) is 4.74 Å². The van der Waals surface area contributed by atoms with E-state index in [0.29, 0.717) is 24.6 Å². The third kappa shape index (κ3) is 5.19. The van der Waals surface area contributed by atoms with Crippen molar-refractivity contribution in [2.75, 3.05) is 43.1 Å². The molecule has 184 valence electrons. The molecular formula is C26H24BrN5O4. The predicted octanol–water partition coefficient (Wildman–Crippen LogP) is 3.61. The second-order valence-corrected chi connectivity index (χ2v) is 9.27. The molecule has 3 heterocycles. The van der Waals surface area contributed by atoms with Gasteiger partial charge in [0, 0.05) is 46.5 Å². The van der Waals surface area contributed by atoms with Gasteiger partial charge in [-0.1, -0.05) is 22.0 Å². The number of amides is 4. The fourth-order valence-electron chi connectivity index (χ4n) is 4.16. The van der Waals surface area contributed by atoms with Gasteiger partial charge in [0.25, 0.3) is 5.91 Å². The average Bonchev–Trinajstić information content (AvgIpc) is 3.45. The first-order valence-electron chi connectivity index (χ1n) is 11.5. The number of aromatic nitrogens is 1. The number of benzene rings is 2. The minimum atomic E-state index is -0.635. The highest BCUT2D eigenvalue weighted by atomic mass is 79.9. The van der Waals surface area contributed by atoms with Gasteiger partial charge in [0.05, 0.1) is 13.2 Å². The van der Waals surface area contributed by atoms with Gasteiger partial charge in [-0.2, -0.15) is 0 Å². The molecule has 2 N–H and O–H groups in total.